The number of nitrogens with one attached hydrogen (secondary N) is 2. The summed E-state index contributed by atoms with van der Waals surface area (Å²) < 4.78 is 19.5. The highest BCUT2D eigenvalue weighted by Gasteiger charge is 2.16. The first-order valence-electron chi connectivity index (χ1n) is 12.4. The molecule has 0 fully saturated rings. The Balaban J connectivity index is 1.24. The SMILES string of the molecule is Fc1ccc(-c2nccc3[nH]c(-c4n[nH]c5ccc(-c6cncc(OCc7ccccc7)c6)cc45)nc23)cc1. The summed E-state index contributed by atoms with van der Waals surface area (Å²) in [5.74, 6) is 1.01. The first-order chi connectivity index (χ1) is 19.2. The van der Waals surface area contributed by atoms with Crippen LogP contribution in [0.2, 0.25) is 0 Å². The minimum Gasteiger partial charge on any atom is -0.487 e. The standard InChI is InChI=1S/C31H21FN6O/c32-23-9-6-20(7-10-23)28-30-27(12-13-34-28)35-31(36-30)29-25-15-21(8-11-26(25)37-38-29)22-14-24(17-33-16-22)39-18-19-4-2-1-3-5-19/h1-17H,18H2,(H,35,36)(H,37,38). The Hall–Kier alpha value is -5.37. The predicted octanol–water partition coefficient (Wildman–Crippen LogP) is 6.95. The Bertz CT molecular complexity index is 1930. The smallest absolute Gasteiger partial charge is 0.159 e. The van der Waals surface area contributed by atoms with Crippen molar-refractivity contribution < 1.29 is 9.13 Å². The molecule has 3 aromatic carbocycles. The number of aromatic nitrogens is 6. The van der Waals surface area contributed by atoms with Crippen molar-refractivity contribution in [1.82, 2.24) is 30.1 Å². The Morgan fingerprint density at radius 1 is 0.769 bits per heavy atom. The van der Waals surface area contributed by atoms with Gasteiger partial charge < -0.3 is 9.72 Å². The maximum atomic E-state index is 13.5. The molecule has 0 saturated heterocycles. The molecule has 0 amide bonds. The Kier molecular flexibility index (Phi) is 5.55. The third-order valence-corrected chi connectivity index (χ3v) is 6.60. The van der Waals surface area contributed by atoms with Crippen LogP contribution in [-0.2, 0) is 6.61 Å². The number of H-pyrrole nitrogens is 2. The fraction of sp³-hybridized carbons (Fsp3) is 0.0323. The maximum absolute atomic E-state index is 13.5. The summed E-state index contributed by atoms with van der Waals surface area (Å²) in [4.78, 5) is 17.1. The van der Waals surface area contributed by atoms with E-state index in [0.29, 0.717) is 35.1 Å². The van der Waals surface area contributed by atoms with Gasteiger partial charge in [-0.2, -0.15) is 5.10 Å². The third-order valence-electron chi connectivity index (χ3n) is 6.60. The van der Waals surface area contributed by atoms with Gasteiger partial charge in [0, 0.05) is 28.9 Å². The summed E-state index contributed by atoms with van der Waals surface area (Å²) in [6, 6.07) is 26.2. The normalized spacial score (nSPS) is 11.3. The molecule has 0 radical (unpaired) electrons. The van der Waals surface area contributed by atoms with E-state index in [4.69, 9.17) is 9.72 Å². The molecular weight excluding hydrogens is 491 g/mol. The molecule has 188 valence electrons. The van der Waals surface area contributed by atoms with Crippen LogP contribution in [0.1, 0.15) is 5.56 Å². The Labute approximate surface area is 222 Å². The van der Waals surface area contributed by atoms with Crippen LogP contribution < -0.4 is 4.74 Å². The molecule has 39 heavy (non-hydrogen) atoms. The van der Waals surface area contributed by atoms with E-state index in [1.54, 1.807) is 24.5 Å². The van der Waals surface area contributed by atoms with Crippen LogP contribution in [0.3, 0.4) is 0 Å². The lowest BCUT2D eigenvalue weighted by atomic mass is 10.0. The quantitative estimate of drug-likeness (QED) is 0.252. The molecule has 0 saturated carbocycles. The molecule has 7 aromatic rings. The van der Waals surface area contributed by atoms with Crippen LogP contribution in [0, 0.1) is 5.82 Å². The molecule has 0 unspecified atom stereocenters. The van der Waals surface area contributed by atoms with Crippen LogP contribution >= 0.6 is 0 Å². The van der Waals surface area contributed by atoms with Gasteiger partial charge in [0.1, 0.15) is 29.4 Å². The molecule has 0 atom stereocenters. The highest BCUT2D eigenvalue weighted by atomic mass is 19.1. The van der Waals surface area contributed by atoms with Gasteiger partial charge in [0.2, 0.25) is 0 Å². The molecule has 2 N–H and O–H groups in total. The van der Waals surface area contributed by atoms with E-state index in [1.165, 1.54) is 12.1 Å². The fourth-order valence-corrected chi connectivity index (χ4v) is 4.64. The number of rotatable bonds is 6. The van der Waals surface area contributed by atoms with E-state index >= 15 is 0 Å². The minimum atomic E-state index is -0.295. The largest absolute Gasteiger partial charge is 0.487 e. The van der Waals surface area contributed by atoms with E-state index in [1.807, 2.05) is 60.8 Å². The lowest BCUT2D eigenvalue weighted by Gasteiger charge is -2.08. The molecule has 0 spiro atoms. The highest BCUT2D eigenvalue weighted by Crippen LogP contribution is 2.33. The lowest BCUT2D eigenvalue weighted by molar-refractivity contribution is 0.305. The van der Waals surface area contributed by atoms with Crippen LogP contribution in [0.5, 0.6) is 5.75 Å². The van der Waals surface area contributed by atoms with Crippen molar-refractivity contribution in [2.75, 3.05) is 0 Å². The van der Waals surface area contributed by atoms with Gasteiger partial charge in [-0.15, -0.1) is 0 Å². The van der Waals surface area contributed by atoms with E-state index in [9.17, 15) is 4.39 Å². The second-order valence-corrected chi connectivity index (χ2v) is 9.16. The number of fused-ring (bicyclic) bond motifs is 2. The van der Waals surface area contributed by atoms with E-state index < -0.39 is 0 Å². The van der Waals surface area contributed by atoms with Crippen molar-refractivity contribution in [3.63, 3.8) is 0 Å². The number of pyridine rings is 2. The molecule has 7 rings (SSSR count). The fourth-order valence-electron chi connectivity index (χ4n) is 4.64. The first-order valence-corrected chi connectivity index (χ1v) is 12.4. The number of aromatic amines is 2. The molecule has 4 aromatic heterocycles. The maximum Gasteiger partial charge on any atom is 0.159 e. The Morgan fingerprint density at radius 2 is 1.62 bits per heavy atom. The van der Waals surface area contributed by atoms with Crippen LogP contribution in [0.25, 0.3) is 55.8 Å². The van der Waals surface area contributed by atoms with E-state index in [-0.39, 0.29) is 5.82 Å². The van der Waals surface area contributed by atoms with Crippen molar-refractivity contribution >= 4 is 21.9 Å². The van der Waals surface area contributed by atoms with Gasteiger partial charge >= 0.3 is 0 Å². The number of nitrogens with zero attached hydrogens (tertiary/aromatic N) is 4. The zero-order chi connectivity index (χ0) is 26.2. The van der Waals surface area contributed by atoms with E-state index in [0.717, 1.165) is 38.7 Å². The molecule has 4 heterocycles. The molecule has 8 heteroatoms. The van der Waals surface area contributed by atoms with Crippen molar-refractivity contribution in [3.8, 4) is 39.7 Å². The van der Waals surface area contributed by atoms with Gasteiger partial charge in [-0.05, 0) is 59.7 Å². The Morgan fingerprint density at radius 3 is 2.49 bits per heavy atom. The average molecular weight is 513 g/mol. The zero-order valence-electron chi connectivity index (χ0n) is 20.6. The number of imidazole rings is 1. The first kappa shape index (κ1) is 22.8. The van der Waals surface area contributed by atoms with Crippen LogP contribution in [0.4, 0.5) is 4.39 Å². The summed E-state index contributed by atoms with van der Waals surface area (Å²) >= 11 is 0. The third kappa shape index (κ3) is 4.38. The highest BCUT2D eigenvalue weighted by molar-refractivity contribution is 5.97. The summed E-state index contributed by atoms with van der Waals surface area (Å²) in [5.41, 5.74) is 7.56. The summed E-state index contributed by atoms with van der Waals surface area (Å²) in [6.07, 6.45) is 5.25. The summed E-state index contributed by atoms with van der Waals surface area (Å²) in [6.45, 7) is 0.470. The predicted molar refractivity (Wildman–Crippen MR) is 148 cm³/mol. The topological polar surface area (TPSA) is 92.4 Å². The summed E-state index contributed by atoms with van der Waals surface area (Å²) in [7, 11) is 0. The van der Waals surface area contributed by atoms with Crippen LogP contribution in [0.15, 0.2) is 104 Å². The summed E-state index contributed by atoms with van der Waals surface area (Å²) in [5, 5.41) is 8.58. The molecule has 0 bridgehead atoms. The second-order valence-electron chi connectivity index (χ2n) is 9.16. The minimum absolute atomic E-state index is 0.295. The molecule has 0 aliphatic carbocycles. The van der Waals surface area contributed by atoms with Gasteiger partial charge in [-0.3, -0.25) is 15.1 Å². The molecular formula is C31H21FN6O. The number of benzene rings is 3. The van der Waals surface area contributed by atoms with E-state index in [2.05, 4.69) is 31.2 Å². The monoisotopic (exact) mass is 512 g/mol. The van der Waals surface area contributed by atoms with Crippen molar-refractivity contribution in [2.45, 2.75) is 6.61 Å². The molecule has 0 aliphatic heterocycles. The number of halogens is 1. The molecule has 7 nitrogen and oxygen atoms in total. The number of hydrogen-bond donors (Lipinski definition) is 2. The van der Waals surface area contributed by atoms with Crippen LogP contribution in [-0.4, -0.2) is 30.1 Å². The zero-order valence-corrected chi connectivity index (χ0v) is 20.6. The second kappa shape index (κ2) is 9.50. The van der Waals surface area contributed by atoms with Gasteiger partial charge in [0.05, 0.1) is 22.9 Å². The van der Waals surface area contributed by atoms with Gasteiger partial charge in [0.25, 0.3) is 0 Å². The van der Waals surface area contributed by atoms with Gasteiger partial charge in [-0.1, -0.05) is 36.4 Å². The lowest BCUT2D eigenvalue weighted by Crippen LogP contribution is -1.95. The van der Waals surface area contributed by atoms with Crippen molar-refractivity contribution in [2.24, 2.45) is 0 Å². The number of ether oxygens (including phenoxy) is 1. The van der Waals surface area contributed by atoms with Crippen molar-refractivity contribution in [3.05, 3.63) is 115 Å². The van der Waals surface area contributed by atoms with Gasteiger partial charge in [0.15, 0.2) is 5.82 Å². The number of hydrogen-bond acceptors (Lipinski definition) is 5. The average Bonchev–Trinajstić information content (AvgIpc) is 3.61. The van der Waals surface area contributed by atoms with Crippen molar-refractivity contribution in [1.29, 1.82) is 0 Å². The molecule has 0 aliphatic rings. The van der Waals surface area contributed by atoms with Gasteiger partial charge in [-0.25, -0.2) is 9.37 Å².